The van der Waals surface area contributed by atoms with Gasteiger partial charge in [0, 0.05) is 6.54 Å². The van der Waals surface area contributed by atoms with Crippen LogP contribution in [0.15, 0.2) is 43.0 Å². The number of carbonyl (C=O) groups excluding carboxylic acids is 2. The topological polar surface area (TPSA) is 55.8 Å². The Labute approximate surface area is 143 Å². The van der Waals surface area contributed by atoms with E-state index in [1.54, 1.807) is 35.2 Å². The number of nitrogens with zero attached hydrogens (tertiary/aromatic N) is 1. The maximum atomic E-state index is 12.4. The monoisotopic (exact) mass is 331 g/mol. The van der Waals surface area contributed by atoms with Crippen molar-refractivity contribution in [2.24, 2.45) is 0 Å². The van der Waals surface area contributed by atoms with Gasteiger partial charge in [0.25, 0.3) is 0 Å². The minimum atomic E-state index is -0.562. The predicted octanol–water partition coefficient (Wildman–Crippen LogP) is 3.80. The minimum Gasteiger partial charge on any atom is -0.452 e. The lowest BCUT2D eigenvalue weighted by atomic mass is 10.1. The molecule has 1 heterocycles. The van der Waals surface area contributed by atoms with Gasteiger partial charge < -0.3 is 14.4 Å². The van der Waals surface area contributed by atoms with E-state index >= 15 is 0 Å². The molecule has 1 saturated heterocycles. The van der Waals surface area contributed by atoms with Crippen molar-refractivity contribution >= 4 is 12.1 Å². The van der Waals surface area contributed by atoms with Crippen LogP contribution in [0.4, 0.5) is 4.79 Å². The van der Waals surface area contributed by atoms with E-state index in [4.69, 9.17) is 9.47 Å². The van der Waals surface area contributed by atoms with Crippen molar-refractivity contribution in [3.8, 4) is 0 Å². The van der Waals surface area contributed by atoms with Crippen molar-refractivity contribution in [2.45, 2.75) is 51.4 Å². The van der Waals surface area contributed by atoms with Crippen molar-refractivity contribution in [1.29, 1.82) is 0 Å². The van der Waals surface area contributed by atoms with Gasteiger partial charge in [-0.15, -0.1) is 0 Å². The molecule has 0 spiro atoms. The van der Waals surface area contributed by atoms with Crippen LogP contribution in [0.25, 0.3) is 0 Å². The van der Waals surface area contributed by atoms with Crippen LogP contribution in [0, 0.1) is 0 Å². The predicted molar refractivity (Wildman–Crippen MR) is 91.8 cm³/mol. The van der Waals surface area contributed by atoms with Gasteiger partial charge in [-0.05, 0) is 51.8 Å². The summed E-state index contributed by atoms with van der Waals surface area (Å²) in [6, 6.07) is 8.54. The van der Waals surface area contributed by atoms with Gasteiger partial charge in [-0.3, -0.25) is 0 Å². The van der Waals surface area contributed by atoms with Crippen molar-refractivity contribution < 1.29 is 19.1 Å². The molecule has 1 aliphatic rings. The van der Waals surface area contributed by atoms with Crippen LogP contribution in [-0.4, -0.2) is 41.3 Å². The highest BCUT2D eigenvalue weighted by molar-refractivity contribution is 5.89. The molecule has 5 heteroatoms. The highest BCUT2D eigenvalue weighted by Gasteiger charge is 2.37. The number of likely N-dealkylation sites (tertiary alicyclic amines) is 1. The van der Waals surface area contributed by atoms with Gasteiger partial charge in [0.2, 0.25) is 0 Å². The van der Waals surface area contributed by atoms with E-state index in [0.717, 1.165) is 12.8 Å². The van der Waals surface area contributed by atoms with Crippen LogP contribution < -0.4 is 0 Å². The van der Waals surface area contributed by atoms with Gasteiger partial charge in [0.05, 0.1) is 11.6 Å². The summed E-state index contributed by atoms with van der Waals surface area (Å²) in [4.78, 5) is 26.3. The maximum Gasteiger partial charge on any atom is 0.410 e. The molecule has 0 aliphatic carbocycles. The van der Waals surface area contributed by atoms with E-state index in [1.165, 1.54) is 0 Å². The van der Waals surface area contributed by atoms with Crippen molar-refractivity contribution in [3.63, 3.8) is 0 Å². The minimum absolute atomic E-state index is 0.245. The summed E-state index contributed by atoms with van der Waals surface area (Å²) >= 11 is 0. The fourth-order valence-corrected chi connectivity index (χ4v) is 2.73. The molecular formula is C19H25NO4. The van der Waals surface area contributed by atoms with Gasteiger partial charge >= 0.3 is 12.1 Å². The first kappa shape index (κ1) is 18.0. The number of ether oxygens (including phenoxy) is 2. The zero-order valence-electron chi connectivity index (χ0n) is 14.5. The summed E-state index contributed by atoms with van der Waals surface area (Å²) < 4.78 is 11.0. The summed E-state index contributed by atoms with van der Waals surface area (Å²) in [5, 5.41) is 0. The van der Waals surface area contributed by atoms with E-state index < -0.39 is 17.7 Å². The average Bonchev–Trinajstić information content (AvgIpc) is 3.01. The third kappa shape index (κ3) is 4.60. The van der Waals surface area contributed by atoms with Gasteiger partial charge in [-0.1, -0.05) is 24.8 Å². The molecule has 1 aromatic carbocycles. The molecule has 24 heavy (non-hydrogen) atoms. The second kappa shape index (κ2) is 7.51. The molecular weight excluding hydrogens is 306 g/mol. The lowest BCUT2D eigenvalue weighted by Crippen LogP contribution is -2.45. The third-order valence-electron chi connectivity index (χ3n) is 3.79. The number of hydrogen-bond acceptors (Lipinski definition) is 4. The van der Waals surface area contributed by atoms with Crippen LogP contribution in [-0.2, 0) is 9.47 Å². The normalized spacial score (nSPS) is 18.8. The Hall–Kier alpha value is -2.30. The number of hydrogen-bond donors (Lipinski definition) is 0. The van der Waals surface area contributed by atoms with Crippen molar-refractivity contribution in [1.82, 2.24) is 4.90 Å². The Kier molecular flexibility index (Phi) is 5.65. The first-order valence-corrected chi connectivity index (χ1v) is 8.20. The van der Waals surface area contributed by atoms with Gasteiger partial charge in [-0.25, -0.2) is 9.59 Å². The maximum absolute atomic E-state index is 12.4. The quantitative estimate of drug-likeness (QED) is 0.622. The van der Waals surface area contributed by atoms with Gasteiger partial charge in [-0.2, -0.15) is 0 Å². The zero-order valence-corrected chi connectivity index (χ0v) is 14.5. The van der Waals surface area contributed by atoms with E-state index in [-0.39, 0.29) is 12.1 Å². The summed E-state index contributed by atoms with van der Waals surface area (Å²) in [7, 11) is 0. The summed E-state index contributed by atoms with van der Waals surface area (Å²) in [5.41, 5.74) is -0.0830. The number of amides is 1. The molecule has 0 bridgehead atoms. The Bertz CT molecular complexity index is 591. The third-order valence-corrected chi connectivity index (χ3v) is 3.79. The average molecular weight is 331 g/mol. The van der Waals surface area contributed by atoms with E-state index in [0.29, 0.717) is 12.1 Å². The van der Waals surface area contributed by atoms with E-state index in [2.05, 4.69) is 6.58 Å². The van der Waals surface area contributed by atoms with Crippen LogP contribution >= 0.6 is 0 Å². The first-order valence-electron chi connectivity index (χ1n) is 8.20. The van der Waals surface area contributed by atoms with Crippen LogP contribution in [0.5, 0.6) is 0 Å². The summed E-state index contributed by atoms with van der Waals surface area (Å²) in [5.74, 6) is -0.420. The number of carbonyl (C=O) groups is 2. The SMILES string of the molecule is C=CC(OC(=O)c1ccccc1)[C@@H]1CCCN1C(=O)OC(C)(C)C. The van der Waals surface area contributed by atoms with Crippen LogP contribution in [0.3, 0.4) is 0 Å². The molecule has 0 N–H and O–H groups in total. The van der Waals surface area contributed by atoms with Crippen LogP contribution in [0.1, 0.15) is 44.0 Å². The molecule has 1 fully saturated rings. The summed E-state index contributed by atoms with van der Waals surface area (Å²) in [6.45, 7) is 9.84. The van der Waals surface area contributed by atoms with Gasteiger partial charge in [0.1, 0.15) is 11.7 Å². The molecule has 0 aromatic heterocycles. The first-order chi connectivity index (χ1) is 11.3. The van der Waals surface area contributed by atoms with Crippen LogP contribution in [0.2, 0.25) is 0 Å². The Morgan fingerprint density at radius 2 is 1.96 bits per heavy atom. The molecule has 5 nitrogen and oxygen atoms in total. The van der Waals surface area contributed by atoms with Gasteiger partial charge in [0.15, 0.2) is 0 Å². The molecule has 2 rings (SSSR count). The van der Waals surface area contributed by atoms with Crippen molar-refractivity contribution in [2.75, 3.05) is 6.54 Å². The number of esters is 1. The smallest absolute Gasteiger partial charge is 0.410 e. The lowest BCUT2D eigenvalue weighted by Gasteiger charge is -2.31. The largest absolute Gasteiger partial charge is 0.452 e. The molecule has 1 aliphatic heterocycles. The van der Waals surface area contributed by atoms with E-state index in [9.17, 15) is 9.59 Å². The highest BCUT2D eigenvalue weighted by Crippen LogP contribution is 2.25. The Balaban J connectivity index is 2.07. The molecule has 1 amide bonds. The molecule has 0 radical (unpaired) electrons. The molecule has 1 aromatic rings. The second-order valence-electron chi connectivity index (χ2n) is 6.85. The number of benzene rings is 1. The Morgan fingerprint density at radius 3 is 2.54 bits per heavy atom. The standard InChI is InChI=1S/C19H25NO4/c1-5-16(23-17(21)14-10-7-6-8-11-14)15-12-9-13-20(15)18(22)24-19(2,3)4/h5-8,10-11,15-16H,1,9,12-13H2,2-4H3/t15-,16?/m0/s1. The summed E-state index contributed by atoms with van der Waals surface area (Å²) in [6.07, 6.45) is 2.23. The zero-order chi connectivity index (χ0) is 17.7. The molecule has 130 valence electrons. The molecule has 2 atom stereocenters. The molecule has 1 unspecified atom stereocenters. The lowest BCUT2D eigenvalue weighted by molar-refractivity contribution is -0.000798. The Morgan fingerprint density at radius 1 is 1.29 bits per heavy atom. The van der Waals surface area contributed by atoms with Crippen molar-refractivity contribution in [3.05, 3.63) is 48.6 Å². The molecule has 0 saturated carbocycles. The fraction of sp³-hybridized carbons (Fsp3) is 0.474. The highest BCUT2D eigenvalue weighted by atomic mass is 16.6. The second-order valence-corrected chi connectivity index (χ2v) is 6.85. The van der Waals surface area contributed by atoms with E-state index in [1.807, 2.05) is 26.8 Å². The fourth-order valence-electron chi connectivity index (χ4n) is 2.73. The number of rotatable bonds is 4.